The summed E-state index contributed by atoms with van der Waals surface area (Å²) in [6.07, 6.45) is 1.59. The van der Waals surface area contributed by atoms with Gasteiger partial charge in [0.15, 0.2) is 6.61 Å². The fourth-order valence-corrected chi connectivity index (χ4v) is 2.67. The van der Waals surface area contributed by atoms with Gasteiger partial charge in [-0.05, 0) is 50.2 Å². The summed E-state index contributed by atoms with van der Waals surface area (Å²) in [5.74, 6) is 0.210. The van der Waals surface area contributed by atoms with Gasteiger partial charge in [0, 0.05) is 10.6 Å². The van der Waals surface area contributed by atoms with Gasteiger partial charge in [0.2, 0.25) is 0 Å². The molecule has 0 saturated carbocycles. The summed E-state index contributed by atoms with van der Waals surface area (Å²) in [6, 6.07) is 16.6. The largest absolute Gasteiger partial charge is 0.484 e. The molecule has 0 unspecified atom stereocenters. The summed E-state index contributed by atoms with van der Waals surface area (Å²) in [7, 11) is 0. The molecule has 7 heteroatoms. The molecule has 0 fully saturated rings. The Labute approximate surface area is 162 Å². The zero-order valence-electron chi connectivity index (χ0n) is 15.0. The zero-order chi connectivity index (χ0) is 19.2. The molecule has 3 aromatic rings. The molecule has 1 N–H and O–H groups in total. The topological polar surface area (TPSA) is 68.5 Å². The third-order valence-corrected chi connectivity index (χ3v) is 4.17. The molecule has 0 aliphatic heterocycles. The second-order valence-electron chi connectivity index (χ2n) is 5.87. The zero-order valence-corrected chi connectivity index (χ0v) is 15.8. The summed E-state index contributed by atoms with van der Waals surface area (Å²) < 4.78 is 7.22. The van der Waals surface area contributed by atoms with Crippen LogP contribution in [0.1, 0.15) is 17.0 Å². The van der Waals surface area contributed by atoms with E-state index in [1.807, 2.05) is 48.9 Å². The van der Waals surface area contributed by atoms with Gasteiger partial charge in [-0.15, -0.1) is 0 Å². The molecule has 6 nitrogen and oxygen atoms in total. The summed E-state index contributed by atoms with van der Waals surface area (Å²) >= 11 is 5.81. The van der Waals surface area contributed by atoms with E-state index in [4.69, 9.17) is 16.3 Å². The number of halogens is 1. The van der Waals surface area contributed by atoms with Crippen LogP contribution in [0.15, 0.2) is 59.7 Å². The first-order chi connectivity index (χ1) is 13.0. The fraction of sp³-hybridized carbons (Fsp3) is 0.150. The lowest BCUT2D eigenvalue weighted by molar-refractivity contribution is -0.123. The molecule has 138 valence electrons. The van der Waals surface area contributed by atoms with Gasteiger partial charge >= 0.3 is 0 Å². The average Bonchev–Trinajstić information content (AvgIpc) is 2.96. The van der Waals surface area contributed by atoms with E-state index < -0.39 is 0 Å². The van der Waals surface area contributed by atoms with Crippen LogP contribution in [0.4, 0.5) is 0 Å². The van der Waals surface area contributed by atoms with E-state index in [0.717, 1.165) is 22.6 Å². The lowest BCUT2D eigenvalue weighted by atomic mass is 10.2. The van der Waals surface area contributed by atoms with Gasteiger partial charge in [0.05, 0.1) is 23.3 Å². The highest BCUT2D eigenvalue weighted by Gasteiger charge is 2.11. The number of nitrogens with zero attached hydrogens (tertiary/aromatic N) is 3. The average molecular weight is 383 g/mol. The lowest BCUT2D eigenvalue weighted by Crippen LogP contribution is -2.24. The van der Waals surface area contributed by atoms with Gasteiger partial charge in [0.1, 0.15) is 5.75 Å². The quantitative estimate of drug-likeness (QED) is 0.522. The Morgan fingerprint density at radius 1 is 1.19 bits per heavy atom. The molecular formula is C20H19ClN4O2. The molecule has 0 atom stereocenters. The first-order valence-corrected chi connectivity index (χ1v) is 8.74. The van der Waals surface area contributed by atoms with Crippen molar-refractivity contribution in [1.82, 2.24) is 15.2 Å². The smallest absolute Gasteiger partial charge is 0.277 e. The van der Waals surface area contributed by atoms with Crippen molar-refractivity contribution in [3.05, 3.63) is 76.6 Å². The number of hydrogen-bond acceptors (Lipinski definition) is 4. The number of aryl methyl sites for hydroxylation is 1. The van der Waals surface area contributed by atoms with Gasteiger partial charge < -0.3 is 4.74 Å². The normalized spacial score (nSPS) is 10.9. The Morgan fingerprint density at radius 2 is 1.89 bits per heavy atom. The summed E-state index contributed by atoms with van der Waals surface area (Å²) in [6.45, 7) is 3.72. The first-order valence-electron chi connectivity index (χ1n) is 8.36. The maximum Gasteiger partial charge on any atom is 0.277 e. The SMILES string of the molecule is Cc1nn(-c2ccccc2)c(C)c1/C=N\NC(=O)COc1ccc(Cl)cc1. The van der Waals surface area contributed by atoms with Gasteiger partial charge in [-0.3, -0.25) is 4.79 Å². The van der Waals surface area contributed by atoms with Crippen LogP contribution in [0.3, 0.4) is 0 Å². The number of hydrazone groups is 1. The van der Waals surface area contributed by atoms with E-state index in [2.05, 4.69) is 15.6 Å². The van der Waals surface area contributed by atoms with Crippen LogP contribution in [-0.4, -0.2) is 28.5 Å². The molecule has 0 radical (unpaired) electrons. The van der Waals surface area contributed by atoms with Crippen molar-refractivity contribution < 1.29 is 9.53 Å². The molecule has 2 aromatic carbocycles. The fourth-order valence-electron chi connectivity index (χ4n) is 2.54. The van der Waals surface area contributed by atoms with Crippen molar-refractivity contribution in [1.29, 1.82) is 0 Å². The minimum absolute atomic E-state index is 0.139. The maximum atomic E-state index is 11.9. The molecule has 27 heavy (non-hydrogen) atoms. The highest BCUT2D eigenvalue weighted by atomic mass is 35.5. The van der Waals surface area contributed by atoms with Gasteiger partial charge in [-0.25, -0.2) is 10.1 Å². The van der Waals surface area contributed by atoms with Crippen molar-refractivity contribution >= 4 is 23.7 Å². The molecular weight excluding hydrogens is 364 g/mol. The van der Waals surface area contributed by atoms with Crippen LogP contribution in [0.5, 0.6) is 5.75 Å². The highest BCUT2D eigenvalue weighted by molar-refractivity contribution is 6.30. The van der Waals surface area contributed by atoms with Crippen molar-refractivity contribution in [3.8, 4) is 11.4 Å². The third-order valence-electron chi connectivity index (χ3n) is 3.91. The van der Waals surface area contributed by atoms with Crippen LogP contribution in [-0.2, 0) is 4.79 Å². The van der Waals surface area contributed by atoms with Crippen LogP contribution < -0.4 is 10.2 Å². The first kappa shape index (κ1) is 18.7. The van der Waals surface area contributed by atoms with E-state index in [0.29, 0.717) is 10.8 Å². The van der Waals surface area contributed by atoms with Gasteiger partial charge in [-0.2, -0.15) is 10.2 Å². The number of amides is 1. The Balaban J connectivity index is 1.60. The lowest BCUT2D eigenvalue weighted by Gasteiger charge is -2.05. The van der Waals surface area contributed by atoms with Crippen molar-refractivity contribution in [2.24, 2.45) is 5.10 Å². The molecule has 3 rings (SSSR count). The Hall–Kier alpha value is -3.12. The number of carbonyl (C=O) groups is 1. The van der Waals surface area contributed by atoms with E-state index >= 15 is 0 Å². The van der Waals surface area contributed by atoms with Crippen molar-refractivity contribution in [2.75, 3.05) is 6.61 Å². The molecule has 0 saturated heterocycles. The highest BCUT2D eigenvalue weighted by Crippen LogP contribution is 2.16. The molecule has 1 aromatic heterocycles. The van der Waals surface area contributed by atoms with Crippen LogP contribution >= 0.6 is 11.6 Å². The second kappa shape index (κ2) is 8.51. The minimum Gasteiger partial charge on any atom is -0.484 e. The Morgan fingerprint density at radius 3 is 2.59 bits per heavy atom. The third kappa shape index (κ3) is 4.74. The van der Waals surface area contributed by atoms with Crippen LogP contribution in [0.2, 0.25) is 5.02 Å². The Kier molecular flexibility index (Phi) is 5.88. The van der Waals surface area contributed by atoms with Crippen molar-refractivity contribution in [3.63, 3.8) is 0 Å². The number of carbonyl (C=O) groups excluding carboxylic acids is 1. The molecule has 1 heterocycles. The van der Waals surface area contributed by atoms with E-state index in [-0.39, 0.29) is 12.5 Å². The molecule has 0 spiro atoms. The summed E-state index contributed by atoms with van der Waals surface area (Å²) in [4.78, 5) is 11.9. The van der Waals surface area contributed by atoms with Gasteiger partial charge in [-0.1, -0.05) is 29.8 Å². The van der Waals surface area contributed by atoms with E-state index in [1.165, 1.54) is 0 Å². The number of aromatic nitrogens is 2. The second-order valence-corrected chi connectivity index (χ2v) is 6.30. The van der Waals surface area contributed by atoms with Crippen LogP contribution in [0.25, 0.3) is 5.69 Å². The van der Waals surface area contributed by atoms with Crippen LogP contribution in [0, 0.1) is 13.8 Å². The predicted octanol–water partition coefficient (Wildman–Crippen LogP) is 3.67. The maximum absolute atomic E-state index is 11.9. The summed E-state index contributed by atoms with van der Waals surface area (Å²) in [5, 5.41) is 9.17. The molecule has 0 aliphatic carbocycles. The molecule has 1 amide bonds. The number of benzene rings is 2. The molecule has 0 bridgehead atoms. The van der Waals surface area contributed by atoms with Crippen molar-refractivity contribution in [2.45, 2.75) is 13.8 Å². The number of para-hydroxylation sites is 1. The summed E-state index contributed by atoms with van der Waals surface area (Å²) in [5.41, 5.74) is 6.05. The number of ether oxygens (including phenoxy) is 1. The van der Waals surface area contributed by atoms with Gasteiger partial charge in [0.25, 0.3) is 5.91 Å². The predicted molar refractivity (Wildman–Crippen MR) is 106 cm³/mol. The standard InChI is InChI=1S/C20H19ClN4O2/c1-14-19(15(2)25(24-14)17-6-4-3-5-7-17)12-22-23-20(26)13-27-18-10-8-16(21)9-11-18/h3-12H,13H2,1-2H3,(H,23,26)/b22-12-. The Bertz CT molecular complexity index is 950. The van der Waals surface area contributed by atoms with E-state index in [9.17, 15) is 4.79 Å². The molecule has 0 aliphatic rings. The van der Waals surface area contributed by atoms with E-state index in [1.54, 1.807) is 30.5 Å². The number of rotatable bonds is 6. The minimum atomic E-state index is -0.355. The number of hydrogen-bond donors (Lipinski definition) is 1. The number of nitrogens with one attached hydrogen (secondary N) is 1. The monoisotopic (exact) mass is 382 g/mol.